The summed E-state index contributed by atoms with van der Waals surface area (Å²) < 4.78 is 0. The SMILES string of the molecule is Nc1ncnc2c1N=CP2(O)(O)O.[Ca+2]. The summed E-state index contributed by atoms with van der Waals surface area (Å²) in [6, 6.07) is 0. The number of rotatable bonds is 0. The van der Waals surface area contributed by atoms with Crippen molar-refractivity contribution in [2.75, 3.05) is 5.73 Å². The molecule has 0 radical (unpaired) electrons. The smallest absolute Gasteiger partial charge is 2.00 e. The molecular weight excluding hydrogens is 235 g/mol. The molecule has 0 fully saturated rings. The Morgan fingerprint density at radius 1 is 1.21 bits per heavy atom. The molecule has 9 heteroatoms. The molecule has 0 aromatic carbocycles. The van der Waals surface area contributed by atoms with Crippen molar-refractivity contribution in [2.45, 2.75) is 0 Å². The van der Waals surface area contributed by atoms with Crippen molar-refractivity contribution in [3.8, 4) is 0 Å². The number of hydrogen-bond donors (Lipinski definition) is 4. The van der Waals surface area contributed by atoms with Gasteiger partial charge in [0.25, 0.3) is 0 Å². The standard InChI is InChI=1S/C5H7N4O3P.Ca/c6-4-3-5(8-1-7-4)13(10,11,12)2-9-3;/h1-2,10-12H,(H2,6,7,8);/q;+2. The summed E-state index contributed by atoms with van der Waals surface area (Å²) >= 11 is 0. The summed E-state index contributed by atoms with van der Waals surface area (Å²) in [5, 5.41) is 0. The van der Waals surface area contributed by atoms with Gasteiger partial charge in [0, 0.05) is 0 Å². The predicted octanol–water partition coefficient (Wildman–Crippen LogP) is -1.75. The third-order valence-electron chi connectivity index (χ3n) is 1.64. The number of fused-ring (bicyclic) bond motifs is 1. The summed E-state index contributed by atoms with van der Waals surface area (Å²) in [4.78, 5) is 38.8. The average molecular weight is 242 g/mol. The van der Waals surface area contributed by atoms with Gasteiger partial charge in [-0.05, 0) is 0 Å². The molecule has 1 aliphatic rings. The molecule has 1 aromatic heterocycles. The number of hydrogen-bond acceptors (Lipinski definition) is 7. The van der Waals surface area contributed by atoms with Gasteiger partial charge in [-0.15, -0.1) is 0 Å². The zero-order valence-electron chi connectivity index (χ0n) is 7.07. The summed E-state index contributed by atoms with van der Waals surface area (Å²) in [5.41, 5.74) is 5.09. The van der Waals surface area contributed by atoms with Crippen LogP contribution in [0.25, 0.3) is 0 Å². The van der Waals surface area contributed by atoms with E-state index >= 15 is 0 Å². The van der Waals surface area contributed by atoms with Crippen LogP contribution in [0.1, 0.15) is 0 Å². The maximum absolute atomic E-state index is 9.38. The minimum Gasteiger partial charge on any atom is 2.00 e. The van der Waals surface area contributed by atoms with Crippen molar-refractivity contribution >= 4 is 67.9 Å². The van der Waals surface area contributed by atoms with Gasteiger partial charge in [-0.2, -0.15) is 0 Å². The topological polar surface area (TPSA) is 125 Å². The molecule has 0 spiro atoms. The van der Waals surface area contributed by atoms with Crippen LogP contribution >= 0.6 is 7.28 Å². The van der Waals surface area contributed by atoms with Gasteiger partial charge in [0.2, 0.25) is 0 Å². The first-order chi connectivity index (χ1) is 5.88. The van der Waals surface area contributed by atoms with Crippen LogP contribution in [0, 0.1) is 0 Å². The van der Waals surface area contributed by atoms with Crippen molar-refractivity contribution in [1.29, 1.82) is 0 Å². The van der Waals surface area contributed by atoms with E-state index in [0.717, 1.165) is 6.33 Å². The van der Waals surface area contributed by atoms with E-state index in [2.05, 4.69) is 15.0 Å². The number of anilines is 1. The molecule has 2 heterocycles. The third kappa shape index (κ3) is 1.77. The van der Waals surface area contributed by atoms with Gasteiger partial charge in [-0.25, -0.2) is 0 Å². The molecular formula is C5H7CaN4O3P+2. The zero-order chi connectivity index (χ0) is 9.71. The molecule has 0 amide bonds. The fraction of sp³-hybridized carbons (Fsp3) is 0. The molecule has 0 bridgehead atoms. The molecule has 14 heavy (non-hydrogen) atoms. The fourth-order valence-corrected chi connectivity index (χ4v) is 2.33. The van der Waals surface area contributed by atoms with E-state index in [1.54, 1.807) is 0 Å². The normalized spacial score (nSPS) is 22.9. The van der Waals surface area contributed by atoms with Gasteiger partial charge in [0.15, 0.2) is 0 Å². The maximum Gasteiger partial charge on any atom is 2.00 e. The van der Waals surface area contributed by atoms with Gasteiger partial charge >= 0.3 is 110 Å². The molecule has 0 aliphatic carbocycles. The number of aliphatic imine (C=N–C) groups is 1. The van der Waals surface area contributed by atoms with Gasteiger partial charge in [-0.3, -0.25) is 0 Å². The molecule has 0 unspecified atom stereocenters. The number of nitrogens with zero attached hydrogens (tertiary/aromatic N) is 3. The largest absolute Gasteiger partial charge is 2.00 e. The van der Waals surface area contributed by atoms with Crippen molar-refractivity contribution < 1.29 is 14.7 Å². The molecule has 5 N–H and O–H groups in total. The van der Waals surface area contributed by atoms with E-state index in [1.807, 2.05) is 0 Å². The molecule has 0 saturated heterocycles. The van der Waals surface area contributed by atoms with Crippen molar-refractivity contribution in [3.05, 3.63) is 6.33 Å². The van der Waals surface area contributed by atoms with E-state index in [9.17, 15) is 14.7 Å². The average Bonchev–Trinajstić information content (AvgIpc) is 2.25. The molecule has 2 rings (SSSR count). The van der Waals surface area contributed by atoms with E-state index < -0.39 is 7.28 Å². The van der Waals surface area contributed by atoms with E-state index in [1.165, 1.54) is 0 Å². The quantitative estimate of drug-likeness (QED) is 0.316. The van der Waals surface area contributed by atoms with Crippen LogP contribution in [0.3, 0.4) is 0 Å². The first-order valence-corrected chi connectivity index (χ1v) is 5.48. The number of aromatic nitrogens is 2. The molecule has 1 aliphatic heterocycles. The summed E-state index contributed by atoms with van der Waals surface area (Å²) in [6.07, 6.45) is 1.03. The minimum absolute atomic E-state index is 0. The van der Waals surface area contributed by atoms with Crippen LogP contribution in [-0.2, 0) is 0 Å². The number of nitrogen functional groups attached to an aromatic ring is 1. The second-order valence-electron chi connectivity index (χ2n) is 2.72. The van der Waals surface area contributed by atoms with Crippen LogP contribution in [-0.4, -0.2) is 68.3 Å². The van der Waals surface area contributed by atoms with Crippen LogP contribution < -0.4 is 11.2 Å². The Bertz CT molecular complexity index is 415. The Kier molecular flexibility index (Phi) is 2.88. The van der Waals surface area contributed by atoms with E-state index in [0.29, 0.717) is 5.96 Å². The van der Waals surface area contributed by atoms with Crippen LogP contribution in [0.15, 0.2) is 11.3 Å². The van der Waals surface area contributed by atoms with Gasteiger partial charge in [-0.1, -0.05) is 0 Å². The molecule has 0 saturated carbocycles. The minimum atomic E-state index is -4.98. The second-order valence-corrected chi connectivity index (χ2v) is 5.46. The Balaban J connectivity index is 0.000000980. The fourth-order valence-electron chi connectivity index (χ4n) is 1.04. The monoisotopic (exact) mass is 242 g/mol. The Morgan fingerprint density at radius 3 is 2.43 bits per heavy atom. The van der Waals surface area contributed by atoms with Crippen LogP contribution in [0.5, 0.6) is 0 Å². The molecule has 70 valence electrons. The number of nitrogens with two attached hydrogens (primary N) is 1. The van der Waals surface area contributed by atoms with Crippen molar-refractivity contribution in [1.82, 2.24) is 9.97 Å². The van der Waals surface area contributed by atoms with Gasteiger partial charge < -0.3 is 0 Å². The Hall–Kier alpha value is 0.120. The molecule has 7 nitrogen and oxygen atoms in total. The van der Waals surface area contributed by atoms with Crippen molar-refractivity contribution in [3.63, 3.8) is 0 Å². The molecule has 1 aromatic rings. The van der Waals surface area contributed by atoms with Crippen LogP contribution in [0.4, 0.5) is 11.5 Å². The first-order valence-electron chi connectivity index (χ1n) is 3.32. The van der Waals surface area contributed by atoms with E-state index in [4.69, 9.17) is 5.73 Å². The zero-order valence-corrected chi connectivity index (χ0v) is 10.2. The van der Waals surface area contributed by atoms with Crippen LogP contribution in [0.2, 0.25) is 0 Å². The second kappa shape index (κ2) is 3.31. The predicted molar refractivity (Wildman–Crippen MR) is 53.6 cm³/mol. The van der Waals surface area contributed by atoms with Crippen molar-refractivity contribution in [2.24, 2.45) is 4.99 Å². The van der Waals surface area contributed by atoms with Gasteiger partial charge in [0.05, 0.1) is 0 Å². The first kappa shape index (κ1) is 12.2. The maximum atomic E-state index is 9.38. The summed E-state index contributed by atoms with van der Waals surface area (Å²) in [6.45, 7) is 0. The Morgan fingerprint density at radius 2 is 1.86 bits per heavy atom. The summed E-state index contributed by atoms with van der Waals surface area (Å²) in [5.74, 6) is 0.673. The molecule has 0 atom stereocenters. The Labute approximate surface area is 109 Å². The third-order valence-corrected chi connectivity index (χ3v) is 3.32. The van der Waals surface area contributed by atoms with E-state index in [-0.39, 0.29) is 54.7 Å². The van der Waals surface area contributed by atoms with Gasteiger partial charge in [0.1, 0.15) is 0 Å². The summed E-state index contributed by atoms with van der Waals surface area (Å²) in [7, 11) is -4.98.